The van der Waals surface area contributed by atoms with E-state index in [2.05, 4.69) is 0 Å². The fourth-order valence-electron chi connectivity index (χ4n) is 2.58. The van der Waals surface area contributed by atoms with Crippen LogP contribution < -0.4 is 0 Å². The van der Waals surface area contributed by atoms with Gasteiger partial charge in [-0.15, -0.1) is 0 Å². The van der Waals surface area contributed by atoms with Crippen LogP contribution in [0.4, 0.5) is 0 Å². The number of benzene rings is 2. The van der Waals surface area contributed by atoms with E-state index in [0.717, 1.165) is 16.7 Å². The van der Waals surface area contributed by atoms with Crippen molar-refractivity contribution in [2.24, 2.45) is 0 Å². The van der Waals surface area contributed by atoms with Gasteiger partial charge in [-0.05, 0) is 30.2 Å². The first-order valence-electron chi connectivity index (χ1n) is 7.19. The normalized spacial score (nSPS) is 12.3. The van der Waals surface area contributed by atoms with Gasteiger partial charge in [0.2, 0.25) is 0 Å². The molecule has 0 radical (unpaired) electrons. The van der Waals surface area contributed by atoms with E-state index < -0.39 is 12.0 Å². The third kappa shape index (κ3) is 3.70. The summed E-state index contributed by atoms with van der Waals surface area (Å²) in [6.07, 6.45) is 0. The van der Waals surface area contributed by atoms with Crippen LogP contribution in [0.3, 0.4) is 0 Å². The number of hydrogen-bond acceptors (Lipinski definition) is 2. The Labute approximate surface area is 125 Å². The summed E-state index contributed by atoms with van der Waals surface area (Å²) in [6, 6.07) is 17.1. The fourth-order valence-corrected chi connectivity index (χ4v) is 2.58. The number of aliphatic carboxylic acids is 1. The number of carboxylic acid groups (broad SMARTS) is 1. The summed E-state index contributed by atoms with van der Waals surface area (Å²) >= 11 is 0. The zero-order valence-corrected chi connectivity index (χ0v) is 12.5. The molecule has 0 bridgehead atoms. The molecule has 1 unspecified atom stereocenters. The number of rotatable bonds is 6. The molecule has 110 valence electrons. The molecule has 0 saturated heterocycles. The number of hydrogen-bond donors (Lipinski definition) is 1. The van der Waals surface area contributed by atoms with Crippen LogP contribution in [0.2, 0.25) is 0 Å². The van der Waals surface area contributed by atoms with Crippen molar-refractivity contribution in [1.29, 1.82) is 0 Å². The SMILES string of the molecule is CCN(Cc1ccccc1)C(C(=O)O)c1ccccc1C. The molecule has 21 heavy (non-hydrogen) atoms. The van der Waals surface area contributed by atoms with Crippen molar-refractivity contribution in [3.05, 3.63) is 71.3 Å². The molecule has 0 heterocycles. The number of likely N-dealkylation sites (N-methyl/N-ethyl adjacent to an activating group) is 1. The van der Waals surface area contributed by atoms with Crippen LogP contribution in [0, 0.1) is 6.92 Å². The van der Waals surface area contributed by atoms with Crippen molar-refractivity contribution < 1.29 is 9.90 Å². The van der Waals surface area contributed by atoms with E-state index in [1.807, 2.05) is 73.3 Å². The Morgan fingerprint density at radius 2 is 1.71 bits per heavy atom. The Kier molecular flexibility index (Phi) is 5.12. The van der Waals surface area contributed by atoms with Crippen molar-refractivity contribution in [3.8, 4) is 0 Å². The van der Waals surface area contributed by atoms with Gasteiger partial charge in [0, 0.05) is 6.54 Å². The van der Waals surface area contributed by atoms with Crippen molar-refractivity contribution in [3.63, 3.8) is 0 Å². The Bertz CT molecular complexity index is 595. The molecule has 0 aromatic heterocycles. The van der Waals surface area contributed by atoms with Crippen LogP contribution in [-0.4, -0.2) is 22.5 Å². The lowest BCUT2D eigenvalue weighted by Gasteiger charge is -2.29. The van der Waals surface area contributed by atoms with Crippen LogP contribution in [-0.2, 0) is 11.3 Å². The molecule has 0 aliphatic carbocycles. The maximum absolute atomic E-state index is 11.8. The van der Waals surface area contributed by atoms with Gasteiger partial charge in [0.05, 0.1) is 0 Å². The summed E-state index contributed by atoms with van der Waals surface area (Å²) in [6.45, 7) is 5.27. The summed E-state index contributed by atoms with van der Waals surface area (Å²) in [7, 11) is 0. The Balaban J connectivity index is 2.31. The summed E-state index contributed by atoms with van der Waals surface area (Å²) in [5.41, 5.74) is 3.00. The number of carboxylic acids is 1. The molecular weight excluding hydrogens is 262 g/mol. The second kappa shape index (κ2) is 7.04. The molecule has 1 N–H and O–H groups in total. The van der Waals surface area contributed by atoms with E-state index in [-0.39, 0.29) is 0 Å². The largest absolute Gasteiger partial charge is 0.480 e. The highest BCUT2D eigenvalue weighted by atomic mass is 16.4. The van der Waals surface area contributed by atoms with Gasteiger partial charge in [-0.2, -0.15) is 0 Å². The topological polar surface area (TPSA) is 40.5 Å². The van der Waals surface area contributed by atoms with E-state index in [0.29, 0.717) is 13.1 Å². The van der Waals surface area contributed by atoms with Gasteiger partial charge in [0.15, 0.2) is 0 Å². The summed E-state index contributed by atoms with van der Waals surface area (Å²) in [5.74, 6) is -0.804. The molecule has 2 aromatic carbocycles. The third-order valence-electron chi connectivity index (χ3n) is 3.72. The third-order valence-corrected chi connectivity index (χ3v) is 3.72. The van der Waals surface area contributed by atoms with Crippen molar-refractivity contribution >= 4 is 5.97 Å². The van der Waals surface area contributed by atoms with E-state index in [4.69, 9.17) is 0 Å². The molecular formula is C18H21NO2. The van der Waals surface area contributed by atoms with Crippen LogP contribution in [0.1, 0.15) is 29.7 Å². The molecule has 2 rings (SSSR count). The highest BCUT2D eigenvalue weighted by Crippen LogP contribution is 2.25. The second-order valence-corrected chi connectivity index (χ2v) is 5.15. The average molecular weight is 283 g/mol. The highest BCUT2D eigenvalue weighted by Gasteiger charge is 2.27. The van der Waals surface area contributed by atoms with E-state index in [9.17, 15) is 9.90 Å². The lowest BCUT2D eigenvalue weighted by molar-refractivity contribution is -0.143. The van der Waals surface area contributed by atoms with Crippen LogP contribution >= 0.6 is 0 Å². The van der Waals surface area contributed by atoms with E-state index in [1.54, 1.807) is 0 Å². The lowest BCUT2D eigenvalue weighted by Crippen LogP contribution is -2.34. The minimum absolute atomic E-state index is 0.614. The molecule has 0 aliphatic rings. The first-order valence-corrected chi connectivity index (χ1v) is 7.19. The van der Waals surface area contributed by atoms with Gasteiger partial charge >= 0.3 is 5.97 Å². The molecule has 0 spiro atoms. The van der Waals surface area contributed by atoms with Gasteiger partial charge in [-0.25, -0.2) is 0 Å². The summed E-state index contributed by atoms with van der Waals surface area (Å²) in [4.78, 5) is 13.8. The average Bonchev–Trinajstić information content (AvgIpc) is 2.49. The molecule has 3 heteroatoms. The van der Waals surface area contributed by atoms with Gasteiger partial charge in [0.1, 0.15) is 6.04 Å². The minimum Gasteiger partial charge on any atom is -0.480 e. The minimum atomic E-state index is -0.804. The number of carbonyl (C=O) groups is 1. The first-order chi connectivity index (χ1) is 10.1. The predicted molar refractivity (Wildman–Crippen MR) is 84.1 cm³/mol. The Morgan fingerprint density at radius 3 is 2.29 bits per heavy atom. The van der Waals surface area contributed by atoms with Crippen molar-refractivity contribution in [2.45, 2.75) is 26.4 Å². The zero-order valence-electron chi connectivity index (χ0n) is 12.5. The number of nitrogens with zero attached hydrogens (tertiary/aromatic N) is 1. The zero-order chi connectivity index (χ0) is 15.2. The van der Waals surface area contributed by atoms with Crippen LogP contribution in [0.5, 0.6) is 0 Å². The maximum atomic E-state index is 11.8. The fraction of sp³-hybridized carbons (Fsp3) is 0.278. The van der Waals surface area contributed by atoms with Crippen molar-refractivity contribution in [1.82, 2.24) is 4.90 Å². The van der Waals surface area contributed by atoms with Gasteiger partial charge < -0.3 is 5.11 Å². The van der Waals surface area contributed by atoms with Crippen molar-refractivity contribution in [2.75, 3.05) is 6.54 Å². The molecule has 0 amide bonds. The van der Waals surface area contributed by atoms with E-state index in [1.165, 1.54) is 0 Å². The van der Waals surface area contributed by atoms with Crippen LogP contribution in [0.25, 0.3) is 0 Å². The Morgan fingerprint density at radius 1 is 1.10 bits per heavy atom. The van der Waals surface area contributed by atoms with Gasteiger partial charge in [-0.3, -0.25) is 9.69 Å². The smallest absolute Gasteiger partial charge is 0.325 e. The first kappa shape index (κ1) is 15.3. The quantitative estimate of drug-likeness (QED) is 0.880. The second-order valence-electron chi connectivity index (χ2n) is 5.15. The molecule has 1 atom stereocenters. The maximum Gasteiger partial charge on any atom is 0.325 e. The molecule has 0 fully saturated rings. The molecule has 0 saturated carbocycles. The summed E-state index contributed by atoms with van der Waals surface area (Å²) < 4.78 is 0. The highest BCUT2D eigenvalue weighted by molar-refractivity contribution is 5.76. The van der Waals surface area contributed by atoms with Gasteiger partial charge in [-0.1, -0.05) is 61.5 Å². The standard InChI is InChI=1S/C18H21NO2/c1-3-19(13-15-10-5-4-6-11-15)17(18(20)21)16-12-8-7-9-14(16)2/h4-12,17H,3,13H2,1-2H3,(H,20,21). The van der Waals surface area contributed by atoms with E-state index >= 15 is 0 Å². The lowest BCUT2D eigenvalue weighted by atomic mass is 9.99. The molecule has 0 aliphatic heterocycles. The predicted octanol–water partition coefficient (Wildman–Crippen LogP) is 3.64. The van der Waals surface area contributed by atoms with Crippen LogP contribution in [0.15, 0.2) is 54.6 Å². The number of aryl methyl sites for hydroxylation is 1. The monoisotopic (exact) mass is 283 g/mol. The molecule has 3 nitrogen and oxygen atoms in total. The Hall–Kier alpha value is -2.13. The van der Waals surface area contributed by atoms with Gasteiger partial charge in [0.25, 0.3) is 0 Å². The molecule has 2 aromatic rings. The summed E-state index contributed by atoms with van der Waals surface area (Å²) in [5, 5.41) is 9.69.